The second-order valence-corrected chi connectivity index (χ2v) is 13.2. The summed E-state index contributed by atoms with van der Waals surface area (Å²) < 4.78 is 5.79. The molecule has 3 atom stereocenters. The Labute approximate surface area is 259 Å². The molecule has 12 heteroatoms. The number of para-hydroxylation sites is 1. The summed E-state index contributed by atoms with van der Waals surface area (Å²) in [7, 11) is 0. The molecule has 5 heterocycles. The van der Waals surface area contributed by atoms with Gasteiger partial charge in [0.05, 0.1) is 17.3 Å². The van der Waals surface area contributed by atoms with E-state index in [-0.39, 0.29) is 36.0 Å². The Balaban J connectivity index is 1.01. The Morgan fingerprint density at radius 3 is 2.47 bits per heavy atom. The number of carbonyl (C=O) groups is 2. The highest BCUT2D eigenvalue weighted by atomic mass is 16.5. The molecule has 3 aliphatic rings. The molecule has 1 spiro atoms. The molecule has 0 unspecified atom stereocenters. The van der Waals surface area contributed by atoms with Gasteiger partial charge in [-0.1, -0.05) is 37.2 Å². The van der Waals surface area contributed by atoms with Crippen molar-refractivity contribution in [2.75, 3.05) is 42.5 Å². The van der Waals surface area contributed by atoms with Crippen molar-refractivity contribution in [1.29, 1.82) is 0 Å². The third-order valence-electron chi connectivity index (χ3n) is 9.52. The van der Waals surface area contributed by atoms with Gasteiger partial charge in [-0.3, -0.25) is 4.79 Å². The van der Waals surface area contributed by atoms with Gasteiger partial charge in [-0.05, 0) is 43.2 Å². The molecular weight excluding hydrogens is 576 g/mol. The molecule has 2 aromatic carbocycles. The Kier molecular flexibility index (Phi) is 6.92. The molecule has 0 saturated carbocycles. The minimum atomic E-state index is -1.12. The predicted octanol–water partition coefficient (Wildman–Crippen LogP) is 3.41. The van der Waals surface area contributed by atoms with Gasteiger partial charge in [-0.25, -0.2) is 4.79 Å². The van der Waals surface area contributed by atoms with Crippen molar-refractivity contribution in [3.05, 3.63) is 59.9 Å². The van der Waals surface area contributed by atoms with Gasteiger partial charge in [0, 0.05) is 66.8 Å². The molecule has 45 heavy (non-hydrogen) atoms. The number of aliphatic hydroxyl groups excluding tert-OH is 1. The summed E-state index contributed by atoms with van der Waals surface area (Å²) >= 11 is 0. The number of phenols is 1. The van der Waals surface area contributed by atoms with Gasteiger partial charge in [-0.15, -0.1) is 10.2 Å². The molecule has 12 nitrogen and oxygen atoms in total. The molecule has 0 bridgehead atoms. The smallest absolute Gasteiger partial charge is 0.326 e. The molecule has 0 aliphatic carbocycles. The van der Waals surface area contributed by atoms with Gasteiger partial charge in [-0.2, -0.15) is 0 Å². The van der Waals surface area contributed by atoms with Crippen LogP contribution >= 0.6 is 0 Å². The molecule has 3 aliphatic heterocycles. The van der Waals surface area contributed by atoms with E-state index in [1.54, 1.807) is 12.1 Å². The van der Waals surface area contributed by atoms with Crippen LogP contribution in [-0.2, 0) is 9.59 Å². The summed E-state index contributed by atoms with van der Waals surface area (Å²) in [5.74, 6) is -0.990. The number of aliphatic hydroxyl groups is 1. The number of hydrogen-bond acceptors (Lipinski definition) is 10. The number of aromatic hydroxyl groups is 1. The summed E-state index contributed by atoms with van der Waals surface area (Å²) in [6, 6.07) is 14.2. The standard InChI is InChI=1S/C33H36N6O6/c1-18(2)28(31(42)39-13-22(40)12-26(39)32(43)44)29-19(3)30(36-45-29)38-16-33(17-38)14-37(15-33)21-9-8-20-10-25(35-34-24(20)11-21)23-6-4-5-7-27(23)41/h4-11,18,22,26,28,40-41H,12-17H2,1-3H3,(H,43,44)/t22-,26+,28-/m1/s1. The molecule has 3 fully saturated rings. The monoisotopic (exact) mass is 612 g/mol. The quantitative estimate of drug-likeness (QED) is 0.281. The number of fused-ring (bicyclic) bond motifs is 1. The first-order chi connectivity index (χ1) is 21.5. The lowest BCUT2D eigenvalue weighted by Gasteiger charge is -2.61. The molecule has 3 saturated heterocycles. The number of amides is 1. The number of phenolic OH excluding ortho intramolecular Hbond substituents is 1. The zero-order valence-corrected chi connectivity index (χ0v) is 25.4. The maximum atomic E-state index is 13.6. The molecule has 1 amide bonds. The largest absolute Gasteiger partial charge is 0.507 e. The van der Waals surface area contributed by atoms with Crippen LogP contribution in [-0.4, -0.2) is 92.3 Å². The first-order valence-electron chi connectivity index (χ1n) is 15.3. The van der Waals surface area contributed by atoms with Gasteiger partial charge in [0.25, 0.3) is 0 Å². The average molecular weight is 613 g/mol. The number of aliphatic carboxylic acids is 1. The highest BCUT2D eigenvalue weighted by Crippen LogP contribution is 2.46. The maximum absolute atomic E-state index is 13.6. The van der Waals surface area contributed by atoms with Crippen LogP contribution in [0.1, 0.15) is 37.5 Å². The van der Waals surface area contributed by atoms with Gasteiger partial charge in [0.2, 0.25) is 5.91 Å². The summed E-state index contributed by atoms with van der Waals surface area (Å²) in [4.78, 5) is 31.1. The Morgan fingerprint density at radius 2 is 1.76 bits per heavy atom. The Bertz CT molecular complexity index is 1790. The molecular formula is C33H36N6O6. The number of carbonyl (C=O) groups excluding carboxylic acids is 1. The van der Waals surface area contributed by atoms with Gasteiger partial charge >= 0.3 is 5.97 Å². The van der Waals surface area contributed by atoms with E-state index in [4.69, 9.17) is 4.52 Å². The zero-order chi connectivity index (χ0) is 31.6. The first kappa shape index (κ1) is 29.0. The van der Waals surface area contributed by atoms with Crippen molar-refractivity contribution in [1.82, 2.24) is 20.3 Å². The third-order valence-corrected chi connectivity index (χ3v) is 9.52. The number of likely N-dealkylation sites (tertiary alicyclic amines) is 1. The van der Waals surface area contributed by atoms with E-state index in [1.165, 1.54) is 4.90 Å². The van der Waals surface area contributed by atoms with Crippen molar-refractivity contribution < 1.29 is 29.4 Å². The Hall–Kier alpha value is -4.71. The van der Waals surface area contributed by atoms with Crippen LogP contribution < -0.4 is 9.80 Å². The van der Waals surface area contributed by atoms with E-state index >= 15 is 0 Å². The number of rotatable bonds is 7. The van der Waals surface area contributed by atoms with Crippen LogP contribution in [0.4, 0.5) is 11.5 Å². The van der Waals surface area contributed by atoms with Crippen LogP contribution in [0.5, 0.6) is 5.75 Å². The summed E-state index contributed by atoms with van der Waals surface area (Å²) in [5, 5.41) is 44.0. The van der Waals surface area contributed by atoms with Crippen LogP contribution in [0, 0.1) is 18.3 Å². The fourth-order valence-corrected chi connectivity index (χ4v) is 7.20. The van der Waals surface area contributed by atoms with Crippen molar-refractivity contribution >= 4 is 34.3 Å². The van der Waals surface area contributed by atoms with Gasteiger partial charge in [0.15, 0.2) is 11.6 Å². The number of nitrogens with zero attached hydrogens (tertiary/aromatic N) is 6. The Morgan fingerprint density at radius 1 is 1.02 bits per heavy atom. The summed E-state index contributed by atoms with van der Waals surface area (Å²) in [5.41, 5.74) is 4.07. The fourth-order valence-electron chi connectivity index (χ4n) is 7.20. The minimum Gasteiger partial charge on any atom is -0.507 e. The average Bonchev–Trinajstić information content (AvgIpc) is 3.54. The van der Waals surface area contributed by atoms with E-state index in [9.17, 15) is 24.9 Å². The summed E-state index contributed by atoms with van der Waals surface area (Å²) in [6.07, 6.45) is -0.842. The predicted molar refractivity (Wildman–Crippen MR) is 166 cm³/mol. The lowest BCUT2D eigenvalue weighted by Crippen LogP contribution is -2.72. The first-order valence-corrected chi connectivity index (χ1v) is 15.3. The van der Waals surface area contributed by atoms with Crippen LogP contribution in [0.15, 0.2) is 53.1 Å². The maximum Gasteiger partial charge on any atom is 0.326 e. The van der Waals surface area contributed by atoms with Gasteiger partial charge in [0.1, 0.15) is 17.7 Å². The van der Waals surface area contributed by atoms with E-state index in [2.05, 4.69) is 31.2 Å². The molecule has 7 rings (SSSR count). The number of anilines is 2. The van der Waals surface area contributed by atoms with Crippen molar-refractivity contribution in [2.24, 2.45) is 11.3 Å². The molecule has 234 valence electrons. The lowest BCUT2D eigenvalue weighted by molar-refractivity contribution is -0.149. The summed E-state index contributed by atoms with van der Waals surface area (Å²) in [6.45, 7) is 9.11. The van der Waals surface area contributed by atoms with E-state index < -0.39 is 24.0 Å². The number of β-amino-alcohol motifs (C(OH)–C–C–N with tert-alkyl or cyclic N) is 1. The van der Waals surface area contributed by atoms with Crippen molar-refractivity contribution in [2.45, 2.75) is 45.3 Å². The van der Waals surface area contributed by atoms with Crippen molar-refractivity contribution in [3.8, 4) is 17.0 Å². The van der Waals surface area contributed by atoms with Crippen molar-refractivity contribution in [3.63, 3.8) is 0 Å². The second-order valence-electron chi connectivity index (χ2n) is 13.2. The number of aromatic nitrogens is 3. The van der Waals surface area contributed by atoms with Crippen LogP contribution in [0.25, 0.3) is 22.2 Å². The molecule has 0 radical (unpaired) electrons. The van der Waals surface area contributed by atoms with Crippen LogP contribution in [0.2, 0.25) is 0 Å². The zero-order valence-electron chi connectivity index (χ0n) is 25.4. The second kappa shape index (κ2) is 10.7. The number of hydrogen-bond donors (Lipinski definition) is 3. The van der Waals surface area contributed by atoms with E-state index in [1.807, 2.05) is 51.1 Å². The lowest BCUT2D eigenvalue weighted by atomic mass is 9.72. The highest BCUT2D eigenvalue weighted by molar-refractivity contribution is 5.89. The van der Waals surface area contributed by atoms with E-state index in [0.717, 1.165) is 48.3 Å². The number of carboxylic acid groups (broad SMARTS) is 1. The van der Waals surface area contributed by atoms with E-state index in [0.29, 0.717) is 22.8 Å². The SMILES string of the molecule is Cc1c(N2CC3(CN(c4ccc5cc(-c6ccccc6O)nnc5c4)C3)C2)noc1[C@H](C(=O)N1C[C@H](O)C[C@H]1C(=O)O)C(C)C. The highest BCUT2D eigenvalue weighted by Gasteiger charge is 2.53. The third kappa shape index (κ3) is 4.93. The normalized spacial score (nSPS) is 21.3. The topological polar surface area (TPSA) is 156 Å². The minimum absolute atomic E-state index is 0.00668. The molecule has 3 N–H and O–H groups in total. The molecule has 2 aromatic heterocycles. The number of carboxylic acids is 1. The number of benzene rings is 2. The van der Waals surface area contributed by atoms with Gasteiger partial charge < -0.3 is 34.5 Å². The van der Waals surface area contributed by atoms with Crippen LogP contribution in [0.3, 0.4) is 0 Å². The fraction of sp³-hybridized carbons (Fsp3) is 0.424. The molecule has 4 aromatic rings.